The molecule has 1 aromatic heterocycles. The molecule has 18 heavy (non-hydrogen) atoms. The predicted octanol–water partition coefficient (Wildman–Crippen LogP) is 1.85. The monoisotopic (exact) mass is 264 g/mol. The normalized spacial score (nSPS) is 16.1. The molecule has 0 saturated carbocycles. The third-order valence-electron chi connectivity index (χ3n) is 3.10. The van der Waals surface area contributed by atoms with Crippen LogP contribution in [0.5, 0.6) is 0 Å². The van der Waals surface area contributed by atoms with Gasteiger partial charge in [-0.25, -0.2) is 4.98 Å². The SMILES string of the molecule is Cl.c1ccc2nc(N3CCCNCC3)cnc2c1. The van der Waals surface area contributed by atoms with Crippen molar-refractivity contribution in [3.63, 3.8) is 0 Å². The van der Waals surface area contributed by atoms with Gasteiger partial charge in [-0.05, 0) is 25.1 Å². The molecule has 0 amide bonds. The van der Waals surface area contributed by atoms with E-state index in [9.17, 15) is 0 Å². The van der Waals surface area contributed by atoms with E-state index in [-0.39, 0.29) is 12.4 Å². The summed E-state index contributed by atoms with van der Waals surface area (Å²) in [5.41, 5.74) is 1.94. The van der Waals surface area contributed by atoms with Gasteiger partial charge < -0.3 is 10.2 Å². The molecular weight excluding hydrogens is 248 g/mol. The van der Waals surface area contributed by atoms with Crippen molar-refractivity contribution in [2.24, 2.45) is 0 Å². The number of rotatable bonds is 1. The molecule has 0 aliphatic carbocycles. The molecule has 1 aliphatic heterocycles. The van der Waals surface area contributed by atoms with Gasteiger partial charge in [0.1, 0.15) is 5.82 Å². The molecule has 3 rings (SSSR count). The van der Waals surface area contributed by atoms with Crippen molar-refractivity contribution in [1.82, 2.24) is 15.3 Å². The molecule has 1 fully saturated rings. The second-order valence-corrected chi connectivity index (χ2v) is 4.31. The first kappa shape index (κ1) is 13.1. The fraction of sp³-hybridized carbons (Fsp3) is 0.385. The molecule has 1 N–H and O–H groups in total. The third kappa shape index (κ3) is 2.71. The molecule has 0 unspecified atom stereocenters. The predicted molar refractivity (Wildman–Crippen MR) is 76.5 cm³/mol. The molecule has 4 nitrogen and oxygen atoms in total. The Morgan fingerprint density at radius 2 is 1.89 bits per heavy atom. The van der Waals surface area contributed by atoms with E-state index in [0.717, 1.165) is 49.5 Å². The molecule has 0 atom stereocenters. The van der Waals surface area contributed by atoms with Gasteiger partial charge in [0.15, 0.2) is 0 Å². The lowest BCUT2D eigenvalue weighted by molar-refractivity contribution is 0.724. The summed E-state index contributed by atoms with van der Waals surface area (Å²) in [7, 11) is 0. The zero-order valence-corrected chi connectivity index (χ0v) is 11.0. The van der Waals surface area contributed by atoms with Crippen molar-refractivity contribution < 1.29 is 0 Å². The van der Waals surface area contributed by atoms with Crippen molar-refractivity contribution in [3.8, 4) is 0 Å². The molecule has 1 aromatic carbocycles. The van der Waals surface area contributed by atoms with Gasteiger partial charge in [0.25, 0.3) is 0 Å². The molecule has 0 bridgehead atoms. The Kier molecular flexibility index (Phi) is 4.33. The highest BCUT2D eigenvalue weighted by Gasteiger charge is 2.11. The maximum atomic E-state index is 4.68. The zero-order valence-electron chi connectivity index (χ0n) is 10.2. The van der Waals surface area contributed by atoms with E-state index in [4.69, 9.17) is 0 Å². The summed E-state index contributed by atoms with van der Waals surface area (Å²) < 4.78 is 0. The number of nitrogens with one attached hydrogen (secondary N) is 1. The van der Waals surface area contributed by atoms with Gasteiger partial charge in [0.05, 0.1) is 17.2 Å². The first-order valence-corrected chi connectivity index (χ1v) is 6.11. The van der Waals surface area contributed by atoms with Crippen LogP contribution in [0, 0.1) is 0 Å². The van der Waals surface area contributed by atoms with E-state index >= 15 is 0 Å². The van der Waals surface area contributed by atoms with Gasteiger partial charge in [0.2, 0.25) is 0 Å². The number of para-hydroxylation sites is 2. The van der Waals surface area contributed by atoms with E-state index in [1.165, 1.54) is 0 Å². The third-order valence-corrected chi connectivity index (χ3v) is 3.10. The standard InChI is InChI=1S/C13H16N4.ClH/c1-2-5-12-11(4-1)15-10-13(16-12)17-8-3-6-14-7-9-17;/h1-2,4-5,10,14H,3,6-9H2;1H. The maximum absolute atomic E-state index is 4.68. The van der Waals surface area contributed by atoms with Crippen LogP contribution < -0.4 is 10.2 Å². The molecule has 96 valence electrons. The van der Waals surface area contributed by atoms with E-state index < -0.39 is 0 Å². The minimum atomic E-state index is 0. The van der Waals surface area contributed by atoms with Crippen LogP contribution in [0.3, 0.4) is 0 Å². The topological polar surface area (TPSA) is 41.1 Å². The number of aromatic nitrogens is 2. The van der Waals surface area contributed by atoms with Crippen LogP contribution >= 0.6 is 12.4 Å². The molecule has 1 saturated heterocycles. The second-order valence-electron chi connectivity index (χ2n) is 4.31. The van der Waals surface area contributed by atoms with Crippen molar-refractivity contribution in [2.75, 3.05) is 31.1 Å². The Balaban J connectivity index is 0.00000120. The molecule has 2 aromatic rings. The van der Waals surface area contributed by atoms with E-state index in [1.54, 1.807) is 0 Å². The van der Waals surface area contributed by atoms with E-state index in [1.807, 2.05) is 30.5 Å². The minimum Gasteiger partial charge on any atom is -0.354 e. The molecule has 1 aliphatic rings. The Morgan fingerprint density at radius 3 is 2.78 bits per heavy atom. The summed E-state index contributed by atoms with van der Waals surface area (Å²) in [6, 6.07) is 8.01. The van der Waals surface area contributed by atoms with Gasteiger partial charge in [-0.3, -0.25) is 4.98 Å². The number of anilines is 1. The largest absolute Gasteiger partial charge is 0.354 e. The quantitative estimate of drug-likeness (QED) is 0.854. The van der Waals surface area contributed by atoms with Crippen LogP contribution in [0.25, 0.3) is 11.0 Å². The summed E-state index contributed by atoms with van der Waals surface area (Å²) in [5.74, 6) is 0.993. The van der Waals surface area contributed by atoms with Gasteiger partial charge in [-0.15, -0.1) is 12.4 Å². The van der Waals surface area contributed by atoms with Crippen LogP contribution in [-0.4, -0.2) is 36.1 Å². The number of hydrogen-bond acceptors (Lipinski definition) is 4. The van der Waals surface area contributed by atoms with Gasteiger partial charge in [-0.2, -0.15) is 0 Å². The fourth-order valence-electron chi connectivity index (χ4n) is 2.17. The summed E-state index contributed by atoms with van der Waals surface area (Å²) >= 11 is 0. The van der Waals surface area contributed by atoms with Crippen LogP contribution in [0.1, 0.15) is 6.42 Å². The summed E-state index contributed by atoms with van der Waals surface area (Å²) in [6.45, 7) is 4.18. The van der Waals surface area contributed by atoms with Crippen LogP contribution in [-0.2, 0) is 0 Å². The van der Waals surface area contributed by atoms with Crippen LogP contribution in [0.2, 0.25) is 0 Å². The Morgan fingerprint density at radius 1 is 1.06 bits per heavy atom. The lowest BCUT2D eigenvalue weighted by Gasteiger charge is -2.20. The lowest BCUT2D eigenvalue weighted by Crippen LogP contribution is -2.28. The van der Waals surface area contributed by atoms with Crippen molar-refractivity contribution >= 4 is 29.3 Å². The highest BCUT2D eigenvalue weighted by molar-refractivity contribution is 5.85. The molecule has 0 spiro atoms. The minimum absolute atomic E-state index is 0. The molecular formula is C13H17ClN4. The Bertz CT molecular complexity index is 509. The maximum Gasteiger partial charge on any atom is 0.147 e. The highest BCUT2D eigenvalue weighted by Crippen LogP contribution is 2.15. The summed E-state index contributed by atoms with van der Waals surface area (Å²) in [5, 5.41) is 3.39. The first-order valence-electron chi connectivity index (χ1n) is 6.11. The fourth-order valence-corrected chi connectivity index (χ4v) is 2.17. The smallest absolute Gasteiger partial charge is 0.147 e. The van der Waals surface area contributed by atoms with E-state index in [0.29, 0.717) is 0 Å². The molecule has 0 radical (unpaired) electrons. The van der Waals surface area contributed by atoms with Crippen molar-refractivity contribution in [1.29, 1.82) is 0 Å². The summed E-state index contributed by atoms with van der Waals surface area (Å²) in [6.07, 6.45) is 3.04. The van der Waals surface area contributed by atoms with E-state index in [2.05, 4.69) is 20.2 Å². The number of hydrogen-bond donors (Lipinski definition) is 1. The molecule has 2 heterocycles. The average molecular weight is 265 g/mol. The van der Waals surface area contributed by atoms with Crippen molar-refractivity contribution in [2.45, 2.75) is 6.42 Å². The van der Waals surface area contributed by atoms with Gasteiger partial charge in [-0.1, -0.05) is 12.1 Å². The average Bonchev–Trinajstić information content (AvgIpc) is 2.67. The zero-order chi connectivity index (χ0) is 11.5. The molecule has 5 heteroatoms. The number of nitrogens with zero attached hydrogens (tertiary/aromatic N) is 3. The Labute approximate surface area is 113 Å². The van der Waals surface area contributed by atoms with Gasteiger partial charge >= 0.3 is 0 Å². The number of halogens is 1. The highest BCUT2D eigenvalue weighted by atomic mass is 35.5. The first-order chi connectivity index (χ1) is 8.43. The second kappa shape index (κ2) is 5.98. The van der Waals surface area contributed by atoms with Gasteiger partial charge in [0, 0.05) is 19.6 Å². The number of fused-ring (bicyclic) bond motifs is 1. The van der Waals surface area contributed by atoms with Crippen LogP contribution in [0.15, 0.2) is 30.5 Å². The number of benzene rings is 1. The summed E-state index contributed by atoms with van der Waals surface area (Å²) in [4.78, 5) is 11.4. The lowest BCUT2D eigenvalue weighted by atomic mass is 10.3. The van der Waals surface area contributed by atoms with Crippen LogP contribution in [0.4, 0.5) is 5.82 Å². The van der Waals surface area contributed by atoms with Crippen molar-refractivity contribution in [3.05, 3.63) is 30.5 Å². The Hall–Kier alpha value is -1.39.